The summed E-state index contributed by atoms with van der Waals surface area (Å²) in [5.74, 6) is -0.420. The number of halogens is 2. The van der Waals surface area contributed by atoms with Gasteiger partial charge in [-0.2, -0.15) is 0 Å². The SMILES string of the molecule is Cc1cccc(C)c1NS(=O)(=O)c1ccc(NC(=O)c2ccc(Cl)cc2Cl)cc1. The lowest BCUT2D eigenvalue weighted by Gasteiger charge is -2.13. The average molecular weight is 449 g/mol. The number of carbonyl (C=O) groups excluding carboxylic acids is 1. The van der Waals surface area contributed by atoms with Gasteiger partial charge in [0, 0.05) is 10.7 Å². The van der Waals surface area contributed by atoms with E-state index in [1.807, 2.05) is 32.0 Å². The fourth-order valence-electron chi connectivity index (χ4n) is 2.76. The van der Waals surface area contributed by atoms with E-state index in [4.69, 9.17) is 23.2 Å². The molecule has 150 valence electrons. The van der Waals surface area contributed by atoms with E-state index in [0.717, 1.165) is 11.1 Å². The van der Waals surface area contributed by atoms with E-state index in [9.17, 15) is 13.2 Å². The van der Waals surface area contributed by atoms with Crippen LogP contribution >= 0.6 is 23.2 Å². The van der Waals surface area contributed by atoms with Crippen molar-refractivity contribution in [3.8, 4) is 0 Å². The molecule has 0 aliphatic carbocycles. The van der Waals surface area contributed by atoms with Crippen molar-refractivity contribution >= 4 is 50.5 Å². The summed E-state index contributed by atoms with van der Waals surface area (Å²) in [4.78, 5) is 12.5. The monoisotopic (exact) mass is 448 g/mol. The summed E-state index contributed by atoms with van der Waals surface area (Å²) in [5, 5.41) is 3.34. The number of aryl methyl sites for hydroxylation is 2. The van der Waals surface area contributed by atoms with Crippen molar-refractivity contribution in [2.45, 2.75) is 18.7 Å². The molecule has 0 heterocycles. The second-order valence-electron chi connectivity index (χ2n) is 6.47. The fraction of sp³-hybridized carbons (Fsp3) is 0.0952. The largest absolute Gasteiger partial charge is 0.322 e. The molecule has 8 heteroatoms. The van der Waals surface area contributed by atoms with Crippen LogP contribution in [0.3, 0.4) is 0 Å². The first kappa shape index (κ1) is 21.2. The van der Waals surface area contributed by atoms with E-state index in [1.165, 1.54) is 36.4 Å². The Balaban J connectivity index is 1.78. The van der Waals surface area contributed by atoms with Crippen LogP contribution < -0.4 is 10.0 Å². The highest BCUT2D eigenvalue weighted by Crippen LogP contribution is 2.25. The van der Waals surface area contributed by atoms with Crippen LogP contribution in [-0.2, 0) is 10.0 Å². The second-order valence-corrected chi connectivity index (χ2v) is 9.00. The number of benzene rings is 3. The molecule has 29 heavy (non-hydrogen) atoms. The maximum atomic E-state index is 12.7. The number of nitrogens with one attached hydrogen (secondary N) is 2. The second kappa shape index (κ2) is 8.45. The summed E-state index contributed by atoms with van der Waals surface area (Å²) in [6.45, 7) is 3.68. The molecule has 5 nitrogen and oxygen atoms in total. The molecule has 0 fully saturated rings. The molecule has 0 bridgehead atoms. The van der Waals surface area contributed by atoms with E-state index in [2.05, 4.69) is 10.0 Å². The van der Waals surface area contributed by atoms with Crippen LogP contribution in [0, 0.1) is 13.8 Å². The van der Waals surface area contributed by atoms with Gasteiger partial charge in [-0.25, -0.2) is 8.42 Å². The molecule has 1 amide bonds. The van der Waals surface area contributed by atoms with Gasteiger partial charge in [-0.1, -0.05) is 41.4 Å². The fourth-order valence-corrected chi connectivity index (χ4v) is 4.46. The summed E-state index contributed by atoms with van der Waals surface area (Å²) in [5.41, 5.74) is 2.92. The minimum atomic E-state index is -3.77. The molecule has 0 atom stereocenters. The summed E-state index contributed by atoms with van der Waals surface area (Å²) in [6, 6.07) is 16.0. The van der Waals surface area contributed by atoms with Gasteiger partial charge < -0.3 is 5.32 Å². The molecule has 3 aromatic rings. The van der Waals surface area contributed by atoms with Crippen LogP contribution in [-0.4, -0.2) is 14.3 Å². The molecule has 0 unspecified atom stereocenters. The Morgan fingerprint density at radius 1 is 0.897 bits per heavy atom. The Morgan fingerprint density at radius 3 is 2.10 bits per heavy atom. The van der Waals surface area contributed by atoms with Gasteiger partial charge in [-0.3, -0.25) is 9.52 Å². The minimum Gasteiger partial charge on any atom is -0.322 e. The highest BCUT2D eigenvalue weighted by Gasteiger charge is 2.17. The number of rotatable bonds is 5. The van der Waals surface area contributed by atoms with E-state index in [0.29, 0.717) is 16.4 Å². The van der Waals surface area contributed by atoms with Crippen molar-refractivity contribution in [1.82, 2.24) is 0 Å². The number of amides is 1. The Hall–Kier alpha value is -2.54. The van der Waals surface area contributed by atoms with E-state index in [1.54, 1.807) is 6.07 Å². The molecule has 0 saturated carbocycles. The lowest BCUT2D eigenvalue weighted by molar-refractivity contribution is 0.102. The quantitative estimate of drug-likeness (QED) is 0.528. The minimum absolute atomic E-state index is 0.0858. The third-order valence-corrected chi connectivity index (χ3v) is 6.23. The van der Waals surface area contributed by atoms with Gasteiger partial charge in [0.25, 0.3) is 15.9 Å². The van der Waals surface area contributed by atoms with Crippen molar-refractivity contribution in [3.05, 3.63) is 87.4 Å². The van der Waals surface area contributed by atoms with Gasteiger partial charge in [0.2, 0.25) is 0 Å². The van der Waals surface area contributed by atoms with Gasteiger partial charge in [0.1, 0.15) is 0 Å². The average Bonchev–Trinajstić information content (AvgIpc) is 2.65. The zero-order valence-corrected chi connectivity index (χ0v) is 18.0. The number of carbonyl (C=O) groups is 1. The van der Waals surface area contributed by atoms with Crippen LogP contribution in [0.25, 0.3) is 0 Å². The number of anilines is 2. The molecular formula is C21H18Cl2N2O3S. The van der Waals surface area contributed by atoms with Crippen LogP contribution in [0.4, 0.5) is 11.4 Å². The predicted molar refractivity (Wildman–Crippen MR) is 118 cm³/mol. The first-order chi connectivity index (χ1) is 13.7. The lowest BCUT2D eigenvalue weighted by atomic mass is 10.1. The van der Waals surface area contributed by atoms with Crippen LogP contribution in [0.5, 0.6) is 0 Å². The predicted octanol–water partition coefficient (Wildman–Crippen LogP) is 5.66. The van der Waals surface area contributed by atoms with E-state index < -0.39 is 15.9 Å². The number of hydrogen-bond donors (Lipinski definition) is 2. The summed E-state index contributed by atoms with van der Waals surface area (Å²) in [6.07, 6.45) is 0. The molecule has 0 saturated heterocycles. The molecule has 3 aromatic carbocycles. The Kier molecular flexibility index (Phi) is 6.17. The van der Waals surface area contributed by atoms with Crippen LogP contribution in [0.1, 0.15) is 21.5 Å². The topological polar surface area (TPSA) is 75.3 Å². The zero-order chi connectivity index (χ0) is 21.2. The smallest absolute Gasteiger partial charge is 0.261 e. The Labute approximate surface area is 179 Å². The van der Waals surface area contributed by atoms with Crippen LogP contribution in [0.15, 0.2) is 65.6 Å². The van der Waals surface area contributed by atoms with Crippen molar-refractivity contribution in [2.24, 2.45) is 0 Å². The molecule has 0 spiro atoms. The van der Waals surface area contributed by atoms with Crippen molar-refractivity contribution in [1.29, 1.82) is 0 Å². The first-order valence-electron chi connectivity index (χ1n) is 8.63. The normalized spacial score (nSPS) is 11.2. The lowest BCUT2D eigenvalue weighted by Crippen LogP contribution is -2.15. The molecule has 0 aromatic heterocycles. The van der Waals surface area contributed by atoms with E-state index in [-0.39, 0.29) is 15.5 Å². The number of para-hydroxylation sites is 1. The zero-order valence-electron chi connectivity index (χ0n) is 15.7. The van der Waals surface area contributed by atoms with Gasteiger partial charge in [-0.15, -0.1) is 0 Å². The molecule has 0 radical (unpaired) electrons. The summed E-state index contributed by atoms with van der Waals surface area (Å²) in [7, 11) is -3.77. The highest BCUT2D eigenvalue weighted by atomic mass is 35.5. The molecular weight excluding hydrogens is 431 g/mol. The highest BCUT2D eigenvalue weighted by molar-refractivity contribution is 7.92. The number of hydrogen-bond acceptors (Lipinski definition) is 3. The maximum absolute atomic E-state index is 12.7. The van der Waals surface area contributed by atoms with E-state index >= 15 is 0 Å². The van der Waals surface area contributed by atoms with Gasteiger partial charge in [0.05, 0.1) is 21.2 Å². The Bertz CT molecular complexity index is 1160. The standard InChI is InChI=1S/C21H18Cl2N2O3S/c1-13-4-3-5-14(2)20(13)25-29(27,28)17-9-7-16(8-10-17)24-21(26)18-11-6-15(22)12-19(18)23/h3-12,25H,1-2H3,(H,24,26). The third-order valence-electron chi connectivity index (χ3n) is 4.32. The van der Waals surface area contributed by atoms with Crippen molar-refractivity contribution in [2.75, 3.05) is 10.0 Å². The molecule has 3 rings (SSSR count). The Morgan fingerprint density at radius 2 is 1.52 bits per heavy atom. The van der Waals surface area contributed by atoms with Gasteiger partial charge in [0.15, 0.2) is 0 Å². The van der Waals surface area contributed by atoms with Gasteiger partial charge in [-0.05, 0) is 67.4 Å². The third kappa shape index (κ3) is 4.90. The maximum Gasteiger partial charge on any atom is 0.261 e. The molecule has 0 aliphatic rings. The number of sulfonamides is 1. The van der Waals surface area contributed by atoms with Gasteiger partial charge >= 0.3 is 0 Å². The first-order valence-corrected chi connectivity index (χ1v) is 10.9. The van der Waals surface area contributed by atoms with Crippen molar-refractivity contribution in [3.63, 3.8) is 0 Å². The molecule has 2 N–H and O–H groups in total. The molecule has 0 aliphatic heterocycles. The summed E-state index contributed by atoms with van der Waals surface area (Å²) >= 11 is 11.9. The summed E-state index contributed by atoms with van der Waals surface area (Å²) < 4.78 is 28.0. The van der Waals surface area contributed by atoms with Crippen molar-refractivity contribution < 1.29 is 13.2 Å². The van der Waals surface area contributed by atoms with Crippen LogP contribution in [0.2, 0.25) is 10.0 Å².